The van der Waals surface area contributed by atoms with E-state index in [4.69, 9.17) is 11.6 Å². The Morgan fingerprint density at radius 3 is 2.80 bits per heavy atom. The molecule has 76 valence electrons. The monoisotopic (exact) mass is 221 g/mol. The third kappa shape index (κ3) is 2.54. The molecule has 0 atom stereocenters. The van der Waals surface area contributed by atoms with Gasteiger partial charge in [-0.2, -0.15) is 0 Å². The molecule has 0 aliphatic heterocycles. The quantitative estimate of drug-likeness (QED) is 0.757. The zero-order valence-electron chi connectivity index (χ0n) is 7.95. The van der Waals surface area contributed by atoms with Gasteiger partial charge in [-0.25, -0.2) is 4.39 Å². The van der Waals surface area contributed by atoms with Gasteiger partial charge in [-0.05, 0) is 29.8 Å². The molecule has 2 rings (SSSR count). The number of pyridine rings is 1. The third-order valence-electron chi connectivity index (χ3n) is 2.10. The number of aromatic nitrogens is 1. The van der Waals surface area contributed by atoms with Gasteiger partial charge in [0.05, 0.1) is 5.69 Å². The van der Waals surface area contributed by atoms with Crippen molar-refractivity contribution in [2.75, 3.05) is 0 Å². The molecule has 0 aliphatic rings. The van der Waals surface area contributed by atoms with Gasteiger partial charge in [-0.3, -0.25) is 4.98 Å². The van der Waals surface area contributed by atoms with Crippen molar-refractivity contribution in [1.82, 2.24) is 4.98 Å². The molecule has 1 aromatic carbocycles. The Kier molecular flexibility index (Phi) is 2.97. The largest absolute Gasteiger partial charge is 0.258 e. The van der Waals surface area contributed by atoms with Crippen molar-refractivity contribution >= 4 is 11.6 Å². The molecule has 1 heterocycles. The normalized spacial score (nSPS) is 10.3. The third-order valence-corrected chi connectivity index (χ3v) is 2.33. The van der Waals surface area contributed by atoms with Crippen molar-refractivity contribution in [1.29, 1.82) is 0 Å². The number of hydrogen-bond donors (Lipinski definition) is 0. The molecular weight excluding hydrogens is 213 g/mol. The van der Waals surface area contributed by atoms with Gasteiger partial charge in [-0.1, -0.05) is 23.7 Å². The van der Waals surface area contributed by atoms with Crippen LogP contribution in [-0.2, 0) is 6.42 Å². The van der Waals surface area contributed by atoms with E-state index in [1.807, 2.05) is 18.2 Å². The minimum Gasteiger partial charge on any atom is -0.258 e. The molecule has 2 aromatic rings. The summed E-state index contributed by atoms with van der Waals surface area (Å²) in [5.41, 5.74) is 1.40. The van der Waals surface area contributed by atoms with E-state index in [1.54, 1.807) is 18.3 Å². The van der Waals surface area contributed by atoms with Crippen molar-refractivity contribution in [2.45, 2.75) is 6.42 Å². The lowest BCUT2D eigenvalue weighted by molar-refractivity contribution is 0.604. The van der Waals surface area contributed by atoms with Crippen LogP contribution in [0.15, 0.2) is 42.6 Å². The number of hydrogen-bond acceptors (Lipinski definition) is 1. The molecule has 0 N–H and O–H groups in total. The van der Waals surface area contributed by atoms with E-state index in [1.165, 1.54) is 6.07 Å². The first-order chi connectivity index (χ1) is 7.25. The van der Waals surface area contributed by atoms with Crippen LogP contribution in [0.4, 0.5) is 4.39 Å². The number of benzene rings is 1. The van der Waals surface area contributed by atoms with Gasteiger partial charge in [0.25, 0.3) is 0 Å². The Labute approximate surface area is 92.5 Å². The highest BCUT2D eigenvalue weighted by Gasteiger charge is 2.03. The van der Waals surface area contributed by atoms with E-state index in [0.717, 1.165) is 5.56 Å². The molecular formula is C12H9ClFN. The van der Waals surface area contributed by atoms with Gasteiger partial charge in [-0.15, -0.1) is 0 Å². The second-order valence-electron chi connectivity index (χ2n) is 3.24. The predicted molar refractivity (Wildman–Crippen MR) is 58.5 cm³/mol. The number of nitrogens with zero attached hydrogens (tertiary/aromatic N) is 1. The molecule has 3 heteroatoms. The fourth-order valence-corrected chi connectivity index (χ4v) is 1.60. The summed E-state index contributed by atoms with van der Waals surface area (Å²) in [6.07, 6.45) is 2.05. The van der Waals surface area contributed by atoms with Crippen LogP contribution in [0.5, 0.6) is 0 Å². The molecule has 15 heavy (non-hydrogen) atoms. The lowest BCUT2D eigenvalue weighted by Gasteiger charge is -2.02. The first kappa shape index (κ1) is 10.1. The second kappa shape index (κ2) is 4.41. The van der Waals surface area contributed by atoms with Gasteiger partial charge in [0.15, 0.2) is 0 Å². The van der Waals surface area contributed by atoms with Crippen molar-refractivity contribution in [3.05, 3.63) is 64.7 Å². The zero-order chi connectivity index (χ0) is 10.7. The fourth-order valence-electron chi connectivity index (χ4n) is 1.39. The average Bonchev–Trinajstić information content (AvgIpc) is 2.22. The maximum Gasteiger partial charge on any atom is 0.145 e. The fraction of sp³-hybridized carbons (Fsp3) is 0.0833. The van der Waals surface area contributed by atoms with Crippen molar-refractivity contribution in [3.63, 3.8) is 0 Å². The summed E-state index contributed by atoms with van der Waals surface area (Å²) in [4.78, 5) is 3.99. The first-order valence-corrected chi connectivity index (χ1v) is 4.97. The second-order valence-corrected chi connectivity index (χ2v) is 3.68. The Hall–Kier alpha value is -1.41. The van der Waals surface area contributed by atoms with E-state index in [9.17, 15) is 4.39 Å². The molecule has 0 radical (unpaired) electrons. The molecule has 0 spiro atoms. The Morgan fingerprint density at radius 1 is 1.20 bits per heavy atom. The Balaban J connectivity index is 2.26. The summed E-state index contributed by atoms with van der Waals surface area (Å²) >= 11 is 5.84. The molecule has 0 amide bonds. The molecule has 0 fully saturated rings. The lowest BCUT2D eigenvalue weighted by Crippen LogP contribution is -1.95. The molecule has 0 unspecified atom stereocenters. The Morgan fingerprint density at radius 2 is 2.07 bits per heavy atom. The molecule has 1 nitrogen and oxygen atoms in total. The van der Waals surface area contributed by atoms with E-state index in [-0.39, 0.29) is 5.82 Å². The first-order valence-electron chi connectivity index (χ1n) is 4.59. The highest BCUT2D eigenvalue weighted by molar-refractivity contribution is 6.30. The minimum atomic E-state index is -0.280. The molecule has 1 aromatic heterocycles. The van der Waals surface area contributed by atoms with Crippen molar-refractivity contribution < 1.29 is 4.39 Å². The molecule has 0 bridgehead atoms. The Bertz CT molecular complexity index is 471. The smallest absolute Gasteiger partial charge is 0.145 e. The van der Waals surface area contributed by atoms with Crippen LogP contribution >= 0.6 is 11.6 Å². The summed E-state index contributed by atoms with van der Waals surface area (Å²) in [6.45, 7) is 0. The maximum absolute atomic E-state index is 13.3. The van der Waals surface area contributed by atoms with Gasteiger partial charge in [0, 0.05) is 17.6 Å². The summed E-state index contributed by atoms with van der Waals surface area (Å²) in [5.74, 6) is -0.280. The maximum atomic E-state index is 13.3. The van der Waals surface area contributed by atoms with Gasteiger partial charge in [0.2, 0.25) is 0 Å². The number of rotatable bonds is 2. The van der Waals surface area contributed by atoms with Crippen LogP contribution in [0, 0.1) is 5.82 Å². The lowest BCUT2D eigenvalue weighted by atomic mass is 10.1. The van der Waals surface area contributed by atoms with Crippen LogP contribution in [-0.4, -0.2) is 4.98 Å². The molecule has 0 saturated heterocycles. The van der Waals surface area contributed by atoms with Gasteiger partial charge >= 0.3 is 0 Å². The summed E-state index contributed by atoms with van der Waals surface area (Å²) in [6, 6.07) is 10.3. The minimum absolute atomic E-state index is 0.280. The van der Waals surface area contributed by atoms with Crippen LogP contribution in [0.1, 0.15) is 11.3 Å². The van der Waals surface area contributed by atoms with Gasteiger partial charge in [0.1, 0.15) is 5.82 Å². The summed E-state index contributed by atoms with van der Waals surface area (Å²) in [7, 11) is 0. The molecule has 0 saturated carbocycles. The van der Waals surface area contributed by atoms with Crippen LogP contribution in [0.25, 0.3) is 0 Å². The van der Waals surface area contributed by atoms with E-state index in [2.05, 4.69) is 4.98 Å². The van der Waals surface area contributed by atoms with Crippen LogP contribution in [0.2, 0.25) is 5.02 Å². The predicted octanol–water partition coefficient (Wildman–Crippen LogP) is 3.46. The van der Waals surface area contributed by atoms with E-state index >= 15 is 0 Å². The highest BCUT2D eigenvalue weighted by atomic mass is 35.5. The SMILES string of the molecule is Fc1cccnc1Cc1cccc(Cl)c1. The van der Waals surface area contributed by atoms with Crippen molar-refractivity contribution in [3.8, 4) is 0 Å². The van der Waals surface area contributed by atoms with Crippen molar-refractivity contribution in [2.24, 2.45) is 0 Å². The standard InChI is InChI=1S/C12H9ClFN/c13-10-4-1-3-9(7-10)8-12-11(14)5-2-6-15-12/h1-7H,8H2. The summed E-state index contributed by atoms with van der Waals surface area (Å²) in [5, 5.41) is 0.656. The summed E-state index contributed by atoms with van der Waals surface area (Å²) < 4.78 is 13.3. The average molecular weight is 222 g/mol. The van der Waals surface area contributed by atoms with E-state index < -0.39 is 0 Å². The molecule has 0 aliphatic carbocycles. The zero-order valence-corrected chi connectivity index (χ0v) is 8.71. The van der Waals surface area contributed by atoms with Gasteiger partial charge < -0.3 is 0 Å². The van der Waals surface area contributed by atoms with E-state index in [0.29, 0.717) is 17.1 Å². The van der Waals surface area contributed by atoms with Crippen LogP contribution in [0.3, 0.4) is 0 Å². The topological polar surface area (TPSA) is 12.9 Å². The van der Waals surface area contributed by atoms with Crippen LogP contribution < -0.4 is 0 Å². The number of halogens is 2. The highest BCUT2D eigenvalue weighted by Crippen LogP contribution is 2.14.